The minimum Gasteiger partial charge on any atom is -0.361 e. The largest absolute Gasteiger partial charge is 0.361 e. The molecule has 0 aromatic carbocycles. The molecule has 9 heavy (non-hydrogen) atoms. The Morgan fingerprint density at radius 1 is 1.56 bits per heavy atom. The molecule has 0 radical (unpaired) electrons. The van der Waals surface area contributed by atoms with E-state index in [4.69, 9.17) is 4.74 Å². The van der Waals surface area contributed by atoms with Crippen molar-refractivity contribution in [3.8, 4) is 0 Å². The van der Waals surface area contributed by atoms with E-state index in [2.05, 4.69) is 10.4 Å². The first-order valence-electron chi connectivity index (χ1n) is 3.58. The summed E-state index contributed by atoms with van der Waals surface area (Å²) in [6.45, 7) is 3.02. The predicted molar refractivity (Wildman–Crippen MR) is 33.7 cm³/mol. The Labute approximate surface area is 54.9 Å². The second-order valence-electron chi connectivity index (χ2n) is 2.57. The molecule has 2 saturated heterocycles. The zero-order chi connectivity index (χ0) is 6.10. The van der Waals surface area contributed by atoms with Crippen LogP contribution in [0, 0.1) is 0 Å². The Hall–Kier alpha value is -0.120. The summed E-state index contributed by atoms with van der Waals surface area (Å²) in [5, 5.41) is 2.20. The fourth-order valence-corrected chi connectivity index (χ4v) is 1.47. The van der Waals surface area contributed by atoms with Crippen LogP contribution < -0.4 is 5.43 Å². The van der Waals surface area contributed by atoms with Crippen molar-refractivity contribution in [2.24, 2.45) is 0 Å². The van der Waals surface area contributed by atoms with E-state index in [9.17, 15) is 0 Å². The minimum absolute atomic E-state index is 0.388. The summed E-state index contributed by atoms with van der Waals surface area (Å²) in [4.78, 5) is 0. The van der Waals surface area contributed by atoms with Crippen LogP contribution in [0.1, 0.15) is 12.8 Å². The summed E-state index contributed by atoms with van der Waals surface area (Å²) in [6, 6.07) is 0. The summed E-state index contributed by atoms with van der Waals surface area (Å²) < 4.78 is 5.47. The van der Waals surface area contributed by atoms with Gasteiger partial charge in [0.15, 0.2) is 0 Å². The fourth-order valence-electron chi connectivity index (χ4n) is 1.47. The van der Waals surface area contributed by atoms with E-state index in [-0.39, 0.29) is 0 Å². The topological polar surface area (TPSA) is 24.5 Å². The first-order chi connectivity index (χ1) is 4.47. The van der Waals surface area contributed by atoms with Crippen LogP contribution in [0.25, 0.3) is 0 Å². The molecule has 52 valence electrons. The van der Waals surface area contributed by atoms with Crippen LogP contribution in [0.5, 0.6) is 0 Å². The SMILES string of the molecule is C1C[C@@H]2OCCNN2C1. The third kappa shape index (κ3) is 0.956. The van der Waals surface area contributed by atoms with Crippen molar-refractivity contribution in [1.82, 2.24) is 10.4 Å². The van der Waals surface area contributed by atoms with Gasteiger partial charge in [-0.15, -0.1) is 0 Å². The van der Waals surface area contributed by atoms with Crippen LogP contribution in [0.2, 0.25) is 0 Å². The molecule has 3 heteroatoms. The third-order valence-electron chi connectivity index (χ3n) is 1.92. The standard InChI is InChI=1S/C6H12N2O/c1-2-6-8(4-1)7-3-5-9-6/h6-7H,1-5H2/t6-/m0/s1. The Balaban J connectivity index is 1.97. The third-order valence-corrected chi connectivity index (χ3v) is 1.92. The molecule has 0 aromatic heterocycles. The first kappa shape index (κ1) is 5.65. The molecule has 3 nitrogen and oxygen atoms in total. The normalized spacial score (nSPS) is 36.7. The van der Waals surface area contributed by atoms with Crippen LogP contribution in [0.3, 0.4) is 0 Å². The number of hydrogen-bond donors (Lipinski definition) is 1. The molecule has 2 heterocycles. The molecule has 0 aliphatic carbocycles. The molecule has 2 rings (SSSR count). The number of nitrogens with zero attached hydrogens (tertiary/aromatic N) is 1. The minimum atomic E-state index is 0.388. The highest BCUT2D eigenvalue weighted by Crippen LogP contribution is 2.17. The van der Waals surface area contributed by atoms with Gasteiger partial charge < -0.3 is 4.74 Å². The molecule has 1 atom stereocenters. The zero-order valence-electron chi connectivity index (χ0n) is 5.47. The van der Waals surface area contributed by atoms with Crippen LogP contribution in [-0.4, -0.2) is 30.9 Å². The van der Waals surface area contributed by atoms with Crippen molar-refractivity contribution in [3.63, 3.8) is 0 Å². The molecule has 1 N–H and O–H groups in total. The molecular weight excluding hydrogens is 116 g/mol. The summed E-state index contributed by atoms with van der Waals surface area (Å²) in [6.07, 6.45) is 2.86. The molecular formula is C6H12N2O. The molecule has 0 bridgehead atoms. The van der Waals surface area contributed by atoms with E-state index < -0.39 is 0 Å². The smallest absolute Gasteiger partial charge is 0.123 e. The quantitative estimate of drug-likeness (QED) is 0.494. The number of fused-ring (bicyclic) bond motifs is 1. The molecule has 2 aliphatic heterocycles. The average molecular weight is 128 g/mol. The molecule has 2 fully saturated rings. The number of rotatable bonds is 0. The molecule has 0 spiro atoms. The molecule has 2 aliphatic rings. The lowest BCUT2D eigenvalue weighted by atomic mass is 10.4. The van der Waals surface area contributed by atoms with Gasteiger partial charge in [-0.2, -0.15) is 0 Å². The van der Waals surface area contributed by atoms with Crippen molar-refractivity contribution >= 4 is 0 Å². The molecule has 0 unspecified atom stereocenters. The van der Waals surface area contributed by atoms with Gasteiger partial charge in [-0.1, -0.05) is 0 Å². The van der Waals surface area contributed by atoms with E-state index in [1.807, 2.05) is 0 Å². The van der Waals surface area contributed by atoms with Crippen molar-refractivity contribution in [1.29, 1.82) is 0 Å². The van der Waals surface area contributed by atoms with Gasteiger partial charge in [0, 0.05) is 13.1 Å². The maximum absolute atomic E-state index is 5.47. The highest BCUT2D eigenvalue weighted by atomic mass is 16.5. The Morgan fingerprint density at radius 2 is 2.56 bits per heavy atom. The Morgan fingerprint density at radius 3 is 3.44 bits per heavy atom. The van der Waals surface area contributed by atoms with Crippen molar-refractivity contribution in [2.45, 2.75) is 19.1 Å². The van der Waals surface area contributed by atoms with Crippen molar-refractivity contribution in [3.05, 3.63) is 0 Å². The monoisotopic (exact) mass is 128 g/mol. The second kappa shape index (κ2) is 2.25. The van der Waals surface area contributed by atoms with Gasteiger partial charge in [-0.25, -0.2) is 5.01 Å². The fraction of sp³-hybridized carbons (Fsp3) is 1.00. The predicted octanol–water partition coefficient (Wildman–Crippen LogP) is -0.0569. The number of hydrogen-bond acceptors (Lipinski definition) is 3. The molecule has 0 amide bonds. The average Bonchev–Trinajstić information content (AvgIpc) is 2.33. The van der Waals surface area contributed by atoms with E-state index in [0.717, 1.165) is 19.7 Å². The lowest BCUT2D eigenvalue weighted by Crippen LogP contribution is -2.49. The number of hydrazine groups is 1. The van der Waals surface area contributed by atoms with Gasteiger partial charge in [0.05, 0.1) is 6.61 Å². The van der Waals surface area contributed by atoms with E-state index in [1.165, 1.54) is 12.8 Å². The van der Waals surface area contributed by atoms with Crippen molar-refractivity contribution < 1.29 is 4.74 Å². The summed E-state index contributed by atoms with van der Waals surface area (Å²) >= 11 is 0. The maximum Gasteiger partial charge on any atom is 0.123 e. The summed E-state index contributed by atoms with van der Waals surface area (Å²) in [5.41, 5.74) is 3.29. The highest BCUT2D eigenvalue weighted by Gasteiger charge is 2.26. The molecule has 0 aromatic rings. The lowest BCUT2D eigenvalue weighted by Gasteiger charge is -2.29. The van der Waals surface area contributed by atoms with Crippen LogP contribution in [-0.2, 0) is 4.74 Å². The van der Waals surface area contributed by atoms with Crippen molar-refractivity contribution in [2.75, 3.05) is 19.7 Å². The maximum atomic E-state index is 5.47. The van der Waals surface area contributed by atoms with Gasteiger partial charge in [0.2, 0.25) is 0 Å². The zero-order valence-corrected chi connectivity index (χ0v) is 5.47. The van der Waals surface area contributed by atoms with Gasteiger partial charge >= 0.3 is 0 Å². The van der Waals surface area contributed by atoms with Crippen LogP contribution in [0.15, 0.2) is 0 Å². The van der Waals surface area contributed by atoms with Crippen LogP contribution in [0.4, 0.5) is 0 Å². The first-order valence-corrected chi connectivity index (χ1v) is 3.58. The summed E-state index contributed by atoms with van der Waals surface area (Å²) in [5.74, 6) is 0. The lowest BCUT2D eigenvalue weighted by molar-refractivity contribution is -0.0974. The van der Waals surface area contributed by atoms with Crippen LogP contribution >= 0.6 is 0 Å². The summed E-state index contributed by atoms with van der Waals surface area (Å²) in [7, 11) is 0. The second-order valence-corrected chi connectivity index (χ2v) is 2.57. The number of nitrogens with one attached hydrogen (secondary N) is 1. The van der Waals surface area contributed by atoms with Gasteiger partial charge in [-0.05, 0) is 12.8 Å². The van der Waals surface area contributed by atoms with Gasteiger partial charge in [0.1, 0.15) is 6.23 Å². The van der Waals surface area contributed by atoms with E-state index in [0.29, 0.717) is 6.23 Å². The number of ether oxygens (including phenoxy) is 1. The van der Waals surface area contributed by atoms with Gasteiger partial charge in [-0.3, -0.25) is 5.43 Å². The highest BCUT2D eigenvalue weighted by molar-refractivity contribution is 4.71. The molecule has 0 saturated carbocycles. The van der Waals surface area contributed by atoms with Gasteiger partial charge in [0.25, 0.3) is 0 Å². The van der Waals surface area contributed by atoms with E-state index in [1.54, 1.807) is 0 Å². The van der Waals surface area contributed by atoms with E-state index >= 15 is 0 Å². The Kier molecular flexibility index (Phi) is 1.41. The Bertz CT molecular complexity index is 95.2.